The molecule has 2 rings (SSSR count). The second kappa shape index (κ2) is 11.2. The Morgan fingerprint density at radius 3 is 2.47 bits per heavy atom. The summed E-state index contributed by atoms with van der Waals surface area (Å²) >= 11 is 6.26. The smallest absolute Gasteiger partial charge is 0.360 e. The quantitative estimate of drug-likeness (QED) is 0.337. The van der Waals surface area contributed by atoms with Crippen LogP contribution in [0.3, 0.4) is 0 Å². The largest absolute Gasteiger partial charge is 0.464 e. The van der Waals surface area contributed by atoms with Crippen LogP contribution in [0.2, 0.25) is 5.02 Å². The predicted molar refractivity (Wildman–Crippen MR) is 107 cm³/mol. The van der Waals surface area contributed by atoms with Gasteiger partial charge in [-0.2, -0.15) is 0 Å². The van der Waals surface area contributed by atoms with E-state index in [9.17, 15) is 13.6 Å². The monoisotopic (exact) mass is 440 g/mol. The van der Waals surface area contributed by atoms with Gasteiger partial charge >= 0.3 is 5.97 Å². The maximum absolute atomic E-state index is 13.5. The zero-order valence-electron chi connectivity index (χ0n) is 16.4. The second-order valence-electron chi connectivity index (χ2n) is 5.75. The summed E-state index contributed by atoms with van der Waals surface area (Å²) in [6.45, 7) is -0.176. The lowest BCUT2D eigenvalue weighted by Crippen LogP contribution is -2.19. The van der Waals surface area contributed by atoms with E-state index in [-0.39, 0.29) is 35.2 Å². The Morgan fingerprint density at radius 2 is 1.83 bits per heavy atom. The van der Waals surface area contributed by atoms with E-state index in [1.807, 2.05) is 0 Å². The van der Waals surface area contributed by atoms with Crippen LogP contribution in [0.5, 0.6) is 0 Å². The number of nitrogens with zero attached hydrogens (tertiary/aromatic N) is 2. The highest BCUT2D eigenvalue weighted by Gasteiger charge is 2.21. The zero-order valence-corrected chi connectivity index (χ0v) is 17.2. The number of oxime groups is 2. The molecule has 0 saturated carbocycles. The van der Waals surface area contributed by atoms with Crippen molar-refractivity contribution in [2.75, 3.05) is 27.9 Å². The van der Waals surface area contributed by atoms with E-state index >= 15 is 0 Å². The van der Waals surface area contributed by atoms with E-state index in [0.717, 1.165) is 12.1 Å². The van der Waals surface area contributed by atoms with Gasteiger partial charge in [0.2, 0.25) is 0 Å². The van der Waals surface area contributed by atoms with Crippen molar-refractivity contribution in [2.45, 2.75) is 6.61 Å². The lowest BCUT2D eigenvalue weighted by atomic mass is 10.0. The van der Waals surface area contributed by atoms with E-state index in [1.165, 1.54) is 27.4 Å². The van der Waals surface area contributed by atoms with Crippen LogP contribution in [0.1, 0.15) is 16.7 Å². The van der Waals surface area contributed by atoms with Gasteiger partial charge in [0.25, 0.3) is 0 Å². The highest BCUT2D eigenvalue weighted by molar-refractivity contribution is 6.44. The number of carbonyl (C=O) groups excluding carboxylic acids is 1. The molecule has 0 heterocycles. The van der Waals surface area contributed by atoms with Crippen LogP contribution in [-0.2, 0) is 30.6 Å². The van der Waals surface area contributed by atoms with Gasteiger partial charge in [0.1, 0.15) is 19.4 Å². The van der Waals surface area contributed by atoms with Crippen LogP contribution in [0.25, 0.3) is 0 Å². The molecule has 0 aliphatic heterocycles. The van der Waals surface area contributed by atoms with Crippen molar-refractivity contribution >= 4 is 29.0 Å². The molecule has 0 saturated heterocycles. The molecule has 2 aromatic carbocycles. The first kappa shape index (κ1) is 23.2. The van der Waals surface area contributed by atoms with Crippen molar-refractivity contribution in [3.05, 3.63) is 69.7 Å². The molecular formula is C20H19ClF2N2O5. The summed E-state index contributed by atoms with van der Waals surface area (Å²) in [6.07, 6.45) is 0. The summed E-state index contributed by atoms with van der Waals surface area (Å²) in [7, 11) is 3.91. The van der Waals surface area contributed by atoms with Crippen LogP contribution >= 0.6 is 11.6 Å². The Kier molecular flexibility index (Phi) is 8.70. The first-order valence-electron chi connectivity index (χ1n) is 8.53. The summed E-state index contributed by atoms with van der Waals surface area (Å²) in [6, 6.07) is 8.12. The standard InChI is InChI=1S/C20H19ClF2N2O5/c1-27-11-18(12-7-8-16(22)17(23)9-12)24-30-10-14-13(5-4-6-15(14)21)19(25-29-3)20(26)28-2/h4-9H,10-11H2,1-3H3/b24-18+,25-19+. The Balaban J connectivity index is 2.34. The molecule has 0 amide bonds. The second-order valence-corrected chi connectivity index (χ2v) is 6.16. The summed E-state index contributed by atoms with van der Waals surface area (Å²) < 4.78 is 36.5. The van der Waals surface area contributed by atoms with Crippen LogP contribution in [0.15, 0.2) is 46.7 Å². The van der Waals surface area contributed by atoms with Gasteiger partial charge in [0.15, 0.2) is 17.3 Å². The molecule has 0 fully saturated rings. The normalized spacial score (nSPS) is 11.9. The molecule has 0 aliphatic rings. The Morgan fingerprint density at radius 1 is 1.07 bits per heavy atom. The van der Waals surface area contributed by atoms with Crippen molar-refractivity contribution in [1.82, 2.24) is 0 Å². The minimum Gasteiger partial charge on any atom is -0.464 e. The molecule has 0 radical (unpaired) electrons. The highest BCUT2D eigenvalue weighted by Crippen LogP contribution is 2.23. The molecule has 7 nitrogen and oxygen atoms in total. The first-order valence-corrected chi connectivity index (χ1v) is 8.91. The number of hydrogen-bond donors (Lipinski definition) is 0. The lowest BCUT2D eigenvalue weighted by molar-refractivity contribution is -0.132. The van der Waals surface area contributed by atoms with Gasteiger partial charge in [-0.15, -0.1) is 0 Å². The summed E-state index contributed by atoms with van der Waals surface area (Å²) in [5.74, 6) is -2.74. The average molecular weight is 441 g/mol. The van der Waals surface area contributed by atoms with Crippen molar-refractivity contribution in [1.29, 1.82) is 0 Å². The highest BCUT2D eigenvalue weighted by atomic mass is 35.5. The Labute approximate surface area is 176 Å². The van der Waals surface area contributed by atoms with E-state index in [1.54, 1.807) is 18.2 Å². The fraction of sp³-hybridized carbons (Fsp3) is 0.250. The molecule has 0 N–H and O–H groups in total. The van der Waals surface area contributed by atoms with Crippen molar-refractivity contribution in [3.8, 4) is 0 Å². The number of benzene rings is 2. The summed E-state index contributed by atoms with van der Waals surface area (Å²) in [5, 5.41) is 7.95. The lowest BCUT2D eigenvalue weighted by Gasteiger charge is -2.12. The molecule has 10 heteroatoms. The minimum absolute atomic E-state index is 0.0149. The third-order valence-electron chi connectivity index (χ3n) is 3.85. The molecule has 0 aromatic heterocycles. The van der Waals surface area contributed by atoms with Gasteiger partial charge < -0.3 is 19.1 Å². The fourth-order valence-corrected chi connectivity index (χ4v) is 2.69. The predicted octanol–water partition coefficient (Wildman–Crippen LogP) is 3.71. The Hall–Kier alpha value is -3.04. The summed E-state index contributed by atoms with van der Waals surface area (Å²) in [5.41, 5.74) is 1.12. The number of ether oxygens (including phenoxy) is 2. The van der Waals surface area contributed by atoms with Crippen LogP contribution in [0.4, 0.5) is 8.78 Å². The van der Waals surface area contributed by atoms with Gasteiger partial charge in [-0.3, -0.25) is 0 Å². The molecule has 0 atom stereocenters. The van der Waals surface area contributed by atoms with Crippen LogP contribution < -0.4 is 0 Å². The molecular weight excluding hydrogens is 422 g/mol. The minimum atomic E-state index is -1.02. The van der Waals surface area contributed by atoms with Gasteiger partial charge in [0, 0.05) is 28.8 Å². The number of methoxy groups -OCH3 is 2. The number of hydrogen-bond acceptors (Lipinski definition) is 7. The molecule has 0 spiro atoms. The molecule has 2 aromatic rings. The van der Waals surface area contributed by atoms with E-state index in [0.29, 0.717) is 11.1 Å². The van der Waals surface area contributed by atoms with Gasteiger partial charge in [-0.05, 0) is 24.3 Å². The summed E-state index contributed by atoms with van der Waals surface area (Å²) in [4.78, 5) is 22.2. The maximum atomic E-state index is 13.5. The molecule has 30 heavy (non-hydrogen) atoms. The van der Waals surface area contributed by atoms with Crippen molar-refractivity contribution in [3.63, 3.8) is 0 Å². The third-order valence-corrected chi connectivity index (χ3v) is 4.21. The number of halogens is 3. The maximum Gasteiger partial charge on any atom is 0.360 e. The molecule has 0 aliphatic carbocycles. The van der Waals surface area contributed by atoms with Crippen molar-refractivity contribution < 1.29 is 32.7 Å². The van der Waals surface area contributed by atoms with Crippen LogP contribution in [-0.4, -0.2) is 45.3 Å². The molecule has 160 valence electrons. The fourth-order valence-electron chi connectivity index (χ4n) is 2.46. The SMILES string of the molecule is COC/C(=N\OCc1c(Cl)cccc1/C(=N\OC)C(=O)OC)c1ccc(F)c(F)c1. The van der Waals surface area contributed by atoms with Gasteiger partial charge in [-0.1, -0.05) is 34.0 Å². The van der Waals surface area contributed by atoms with E-state index in [4.69, 9.17) is 30.7 Å². The molecule has 0 unspecified atom stereocenters. The topological polar surface area (TPSA) is 78.7 Å². The van der Waals surface area contributed by atoms with E-state index < -0.39 is 17.6 Å². The van der Waals surface area contributed by atoms with Crippen LogP contribution in [0, 0.1) is 11.6 Å². The third kappa shape index (κ3) is 5.74. The molecule has 0 bridgehead atoms. The number of carbonyl (C=O) groups is 1. The average Bonchev–Trinajstić information content (AvgIpc) is 2.74. The Bertz CT molecular complexity index is 966. The van der Waals surface area contributed by atoms with Gasteiger partial charge in [0.05, 0.1) is 13.7 Å². The number of rotatable bonds is 9. The first-order chi connectivity index (χ1) is 14.4. The van der Waals surface area contributed by atoms with Crippen molar-refractivity contribution in [2.24, 2.45) is 10.3 Å². The van der Waals surface area contributed by atoms with E-state index in [2.05, 4.69) is 10.3 Å². The van der Waals surface area contributed by atoms with Gasteiger partial charge in [-0.25, -0.2) is 13.6 Å². The zero-order chi connectivity index (χ0) is 22.1. The number of esters is 1.